The van der Waals surface area contributed by atoms with Crippen molar-refractivity contribution < 1.29 is 13.9 Å². The minimum atomic E-state index is -0.503. The number of aromatic nitrogens is 2. The molecule has 1 atom stereocenters. The molecular weight excluding hydrogens is 357 g/mol. The number of imidazole rings is 1. The van der Waals surface area contributed by atoms with E-state index in [0.717, 1.165) is 16.7 Å². The third-order valence-corrected chi connectivity index (χ3v) is 4.41. The fourth-order valence-corrected chi connectivity index (χ4v) is 2.95. The second-order valence-corrected chi connectivity index (χ2v) is 6.47. The molecule has 1 N–H and O–H groups in total. The SMILES string of the molecule is COc1ccc(C)cc1/C=C/C(=O)NC(c1ccc(F)cc1)c1nccn1C. The first kappa shape index (κ1) is 19.4. The topological polar surface area (TPSA) is 56.1 Å². The number of amides is 1. The van der Waals surface area contributed by atoms with E-state index in [-0.39, 0.29) is 11.7 Å². The van der Waals surface area contributed by atoms with Gasteiger partial charge in [0.25, 0.3) is 0 Å². The molecule has 0 saturated heterocycles. The maximum atomic E-state index is 13.3. The number of hydrogen-bond acceptors (Lipinski definition) is 3. The quantitative estimate of drug-likeness (QED) is 0.663. The van der Waals surface area contributed by atoms with Crippen molar-refractivity contribution in [1.29, 1.82) is 0 Å². The lowest BCUT2D eigenvalue weighted by Gasteiger charge is -2.18. The molecule has 0 radical (unpaired) electrons. The van der Waals surface area contributed by atoms with Gasteiger partial charge in [-0.3, -0.25) is 4.79 Å². The molecule has 6 heteroatoms. The summed E-state index contributed by atoms with van der Waals surface area (Å²) in [6.07, 6.45) is 6.62. The molecule has 0 bridgehead atoms. The first-order chi connectivity index (χ1) is 13.5. The van der Waals surface area contributed by atoms with E-state index in [1.165, 1.54) is 18.2 Å². The van der Waals surface area contributed by atoms with Gasteiger partial charge in [-0.05, 0) is 42.8 Å². The maximum Gasteiger partial charge on any atom is 0.244 e. The Morgan fingerprint density at radius 1 is 1.25 bits per heavy atom. The van der Waals surface area contributed by atoms with Crippen LogP contribution >= 0.6 is 0 Å². The Hall–Kier alpha value is -3.41. The number of rotatable bonds is 6. The van der Waals surface area contributed by atoms with Crippen molar-refractivity contribution in [2.24, 2.45) is 7.05 Å². The van der Waals surface area contributed by atoms with Crippen LogP contribution in [0.3, 0.4) is 0 Å². The van der Waals surface area contributed by atoms with Gasteiger partial charge in [0.15, 0.2) is 0 Å². The van der Waals surface area contributed by atoms with Gasteiger partial charge >= 0.3 is 0 Å². The Labute approximate surface area is 163 Å². The molecule has 1 amide bonds. The van der Waals surface area contributed by atoms with Crippen molar-refractivity contribution in [2.45, 2.75) is 13.0 Å². The average molecular weight is 379 g/mol. The number of carbonyl (C=O) groups excluding carboxylic acids is 1. The van der Waals surface area contributed by atoms with Gasteiger partial charge in [0.1, 0.15) is 23.4 Å². The van der Waals surface area contributed by atoms with Crippen molar-refractivity contribution in [3.05, 3.63) is 89.3 Å². The van der Waals surface area contributed by atoms with E-state index in [1.807, 2.05) is 36.7 Å². The molecule has 0 saturated carbocycles. The molecule has 3 aromatic rings. The van der Waals surface area contributed by atoms with Crippen molar-refractivity contribution in [3.8, 4) is 5.75 Å². The first-order valence-electron chi connectivity index (χ1n) is 8.84. The van der Waals surface area contributed by atoms with Gasteiger partial charge in [-0.15, -0.1) is 0 Å². The van der Waals surface area contributed by atoms with Gasteiger partial charge in [0.2, 0.25) is 5.91 Å². The summed E-state index contributed by atoms with van der Waals surface area (Å²) in [5, 5.41) is 2.95. The monoisotopic (exact) mass is 379 g/mol. The number of benzene rings is 2. The molecule has 0 spiro atoms. The van der Waals surface area contributed by atoms with Gasteiger partial charge in [-0.25, -0.2) is 9.37 Å². The van der Waals surface area contributed by atoms with Crippen LogP contribution in [0.25, 0.3) is 6.08 Å². The predicted octanol–water partition coefficient (Wildman–Crippen LogP) is 3.80. The largest absolute Gasteiger partial charge is 0.496 e. The van der Waals surface area contributed by atoms with Crippen molar-refractivity contribution in [2.75, 3.05) is 7.11 Å². The highest BCUT2D eigenvalue weighted by Crippen LogP contribution is 2.22. The molecule has 0 aliphatic heterocycles. The molecular formula is C22H22FN3O2. The Kier molecular flexibility index (Phi) is 5.89. The fourth-order valence-electron chi connectivity index (χ4n) is 2.95. The van der Waals surface area contributed by atoms with Crippen LogP contribution < -0.4 is 10.1 Å². The molecule has 144 valence electrons. The number of hydrogen-bond donors (Lipinski definition) is 1. The van der Waals surface area contributed by atoms with Crippen LogP contribution in [0.5, 0.6) is 5.75 Å². The van der Waals surface area contributed by atoms with E-state index in [1.54, 1.807) is 37.7 Å². The molecule has 3 rings (SSSR count). The number of methoxy groups -OCH3 is 1. The van der Waals surface area contributed by atoms with Gasteiger partial charge < -0.3 is 14.6 Å². The van der Waals surface area contributed by atoms with Crippen molar-refractivity contribution >= 4 is 12.0 Å². The third kappa shape index (κ3) is 4.46. The number of ether oxygens (including phenoxy) is 1. The van der Waals surface area contributed by atoms with Gasteiger partial charge in [0.05, 0.1) is 7.11 Å². The zero-order chi connectivity index (χ0) is 20.1. The van der Waals surface area contributed by atoms with Crippen LogP contribution in [0.15, 0.2) is 60.9 Å². The van der Waals surface area contributed by atoms with Crippen molar-refractivity contribution in [1.82, 2.24) is 14.9 Å². The summed E-state index contributed by atoms with van der Waals surface area (Å²) in [5.41, 5.74) is 2.62. The molecule has 28 heavy (non-hydrogen) atoms. The lowest BCUT2D eigenvalue weighted by Crippen LogP contribution is -2.29. The van der Waals surface area contributed by atoms with Crippen LogP contribution in [0.2, 0.25) is 0 Å². The number of aryl methyl sites for hydroxylation is 2. The van der Waals surface area contributed by atoms with Gasteiger partial charge in [-0.2, -0.15) is 0 Å². The lowest BCUT2D eigenvalue weighted by atomic mass is 10.1. The summed E-state index contributed by atoms with van der Waals surface area (Å²) >= 11 is 0. The highest BCUT2D eigenvalue weighted by molar-refractivity contribution is 5.92. The van der Waals surface area contributed by atoms with E-state index in [0.29, 0.717) is 11.6 Å². The number of carbonyl (C=O) groups is 1. The Balaban J connectivity index is 1.85. The molecule has 1 unspecified atom stereocenters. The summed E-state index contributed by atoms with van der Waals surface area (Å²) in [5.74, 6) is 0.719. The highest BCUT2D eigenvalue weighted by atomic mass is 19.1. The number of halogens is 1. The normalized spacial score (nSPS) is 12.1. The minimum Gasteiger partial charge on any atom is -0.496 e. The zero-order valence-corrected chi connectivity index (χ0v) is 16.0. The first-order valence-corrected chi connectivity index (χ1v) is 8.84. The van der Waals surface area contributed by atoms with Crippen LogP contribution in [0.4, 0.5) is 4.39 Å². The van der Waals surface area contributed by atoms with E-state index in [2.05, 4.69) is 10.3 Å². The summed E-state index contributed by atoms with van der Waals surface area (Å²) in [6.45, 7) is 1.97. The summed E-state index contributed by atoms with van der Waals surface area (Å²) < 4.78 is 20.5. The molecule has 0 aliphatic carbocycles. The van der Waals surface area contributed by atoms with Crippen LogP contribution in [0, 0.1) is 12.7 Å². The van der Waals surface area contributed by atoms with E-state index >= 15 is 0 Å². The highest BCUT2D eigenvalue weighted by Gasteiger charge is 2.20. The number of nitrogens with one attached hydrogen (secondary N) is 1. The van der Waals surface area contributed by atoms with Crippen molar-refractivity contribution in [3.63, 3.8) is 0 Å². The Morgan fingerprint density at radius 3 is 2.64 bits per heavy atom. The third-order valence-electron chi connectivity index (χ3n) is 4.41. The molecule has 0 aliphatic rings. The second-order valence-electron chi connectivity index (χ2n) is 6.47. The van der Waals surface area contributed by atoms with Gasteiger partial charge in [0, 0.05) is 31.1 Å². The summed E-state index contributed by atoms with van der Waals surface area (Å²) in [7, 11) is 3.44. The number of nitrogens with zero attached hydrogens (tertiary/aromatic N) is 2. The summed E-state index contributed by atoms with van der Waals surface area (Å²) in [4.78, 5) is 16.9. The maximum absolute atomic E-state index is 13.3. The van der Waals surface area contributed by atoms with E-state index in [9.17, 15) is 9.18 Å². The zero-order valence-electron chi connectivity index (χ0n) is 16.0. The summed E-state index contributed by atoms with van der Waals surface area (Å²) in [6, 6.07) is 11.3. The lowest BCUT2D eigenvalue weighted by molar-refractivity contribution is -0.117. The second kappa shape index (κ2) is 8.52. The van der Waals surface area contributed by atoms with Gasteiger partial charge in [-0.1, -0.05) is 23.8 Å². The van der Waals surface area contributed by atoms with E-state index in [4.69, 9.17) is 4.74 Å². The molecule has 1 heterocycles. The molecule has 1 aromatic heterocycles. The minimum absolute atomic E-state index is 0.291. The molecule has 0 fully saturated rings. The fraction of sp³-hybridized carbons (Fsp3) is 0.182. The Morgan fingerprint density at radius 2 is 2.00 bits per heavy atom. The average Bonchev–Trinajstić information content (AvgIpc) is 3.11. The van der Waals surface area contributed by atoms with Crippen LogP contribution in [0.1, 0.15) is 28.6 Å². The van der Waals surface area contributed by atoms with E-state index < -0.39 is 6.04 Å². The molecule has 5 nitrogen and oxygen atoms in total. The standard InChI is InChI=1S/C22H22FN3O2/c1-15-4-10-19(28-3)17(14-15)7-11-20(27)25-21(22-24-12-13-26(22)2)16-5-8-18(23)9-6-16/h4-14,21H,1-3H3,(H,25,27)/b11-7+. The molecule has 2 aromatic carbocycles. The Bertz CT molecular complexity index is 993. The predicted molar refractivity (Wildman–Crippen MR) is 106 cm³/mol. The van der Waals surface area contributed by atoms with Crippen LogP contribution in [-0.4, -0.2) is 22.6 Å². The smallest absolute Gasteiger partial charge is 0.244 e. The van der Waals surface area contributed by atoms with Crippen LogP contribution in [-0.2, 0) is 11.8 Å².